The van der Waals surface area contributed by atoms with E-state index in [2.05, 4.69) is 5.32 Å². The summed E-state index contributed by atoms with van der Waals surface area (Å²) in [5, 5.41) is 4.25. The van der Waals surface area contributed by atoms with Gasteiger partial charge in [0.15, 0.2) is 0 Å². The van der Waals surface area contributed by atoms with Crippen molar-refractivity contribution in [3.63, 3.8) is 0 Å². The lowest BCUT2D eigenvalue weighted by atomic mass is 10.0. The molecule has 178 valence electrons. The van der Waals surface area contributed by atoms with E-state index >= 15 is 0 Å². The predicted octanol–water partition coefficient (Wildman–Crippen LogP) is 6.09. The van der Waals surface area contributed by atoms with E-state index in [0.717, 1.165) is 23.1 Å². The third kappa shape index (κ3) is 7.34. The Morgan fingerprint density at radius 2 is 1.53 bits per heavy atom. The predicted molar refractivity (Wildman–Crippen MR) is 139 cm³/mol. The van der Waals surface area contributed by atoms with Crippen molar-refractivity contribution in [2.45, 2.75) is 51.7 Å². The number of hydrogen-bond donors (Lipinski definition) is 1. The zero-order chi connectivity index (χ0) is 24.5. The molecule has 3 aromatic rings. The number of hydrogen-bond acceptors (Lipinski definition) is 2. The summed E-state index contributed by atoms with van der Waals surface area (Å²) in [6, 6.07) is 23.7. The summed E-state index contributed by atoms with van der Waals surface area (Å²) < 4.78 is 0. The maximum absolute atomic E-state index is 13.7. The lowest BCUT2D eigenvalue weighted by molar-refractivity contribution is -0.141. The van der Waals surface area contributed by atoms with Crippen molar-refractivity contribution in [3.05, 3.63) is 106 Å². The van der Waals surface area contributed by atoms with Gasteiger partial charge in [0.2, 0.25) is 11.8 Å². The standard InChI is InChI=1S/C28H30Cl2N2O2/c1-3-20(2)31-28(34)26(17-21-9-5-4-6-10-21)32(19-23-11-7-8-12-25(23)30)27(33)18-22-13-15-24(29)16-14-22/h4-16,20,26H,3,17-19H2,1-2H3,(H,31,34)/t20-,26-/m0/s1. The average Bonchev–Trinajstić information content (AvgIpc) is 2.84. The molecule has 3 aromatic carbocycles. The number of halogens is 2. The summed E-state index contributed by atoms with van der Waals surface area (Å²) in [6.45, 7) is 4.22. The van der Waals surface area contributed by atoms with Crippen molar-refractivity contribution in [2.75, 3.05) is 0 Å². The SMILES string of the molecule is CC[C@H](C)NC(=O)[C@H](Cc1ccccc1)N(Cc1ccccc1Cl)C(=O)Cc1ccc(Cl)cc1. The summed E-state index contributed by atoms with van der Waals surface area (Å²) in [4.78, 5) is 28.8. The van der Waals surface area contributed by atoms with Crippen LogP contribution in [0.2, 0.25) is 10.0 Å². The van der Waals surface area contributed by atoms with Gasteiger partial charge in [-0.1, -0.05) is 90.8 Å². The molecule has 2 atom stereocenters. The molecule has 0 saturated carbocycles. The Balaban J connectivity index is 1.97. The Hall–Kier alpha value is -2.82. The molecule has 1 N–H and O–H groups in total. The molecule has 0 spiro atoms. The third-order valence-corrected chi connectivity index (χ3v) is 6.46. The van der Waals surface area contributed by atoms with Gasteiger partial charge in [-0.05, 0) is 48.2 Å². The number of amides is 2. The van der Waals surface area contributed by atoms with Gasteiger partial charge in [0.1, 0.15) is 6.04 Å². The maximum atomic E-state index is 13.7. The zero-order valence-corrected chi connectivity index (χ0v) is 21.0. The fraction of sp³-hybridized carbons (Fsp3) is 0.286. The summed E-state index contributed by atoms with van der Waals surface area (Å²) in [5.74, 6) is -0.322. The molecule has 34 heavy (non-hydrogen) atoms. The van der Waals surface area contributed by atoms with E-state index in [1.807, 2.05) is 74.5 Å². The first-order valence-corrected chi connectivity index (χ1v) is 12.2. The molecule has 4 nitrogen and oxygen atoms in total. The molecule has 0 saturated heterocycles. The number of nitrogens with zero attached hydrogens (tertiary/aromatic N) is 1. The van der Waals surface area contributed by atoms with Crippen molar-refractivity contribution in [2.24, 2.45) is 0 Å². The molecular weight excluding hydrogens is 467 g/mol. The van der Waals surface area contributed by atoms with Crippen LogP contribution in [0.3, 0.4) is 0 Å². The Morgan fingerprint density at radius 1 is 0.882 bits per heavy atom. The van der Waals surface area contributed by atoms with Crippen molar-refractivity contribution in [1.82, 2.24) is 10.2 Å². The molecule has 0 aliphatic rings. The first-order chi connectivity index (χ1) is 16.4. The van der Waals surface area contributed by atoms with Crippen LogP contribution in [-0.4, -0.2) is 28.8 Å². The van der Waals surface area contributed by atoms with Crippen molar-refractivity contribution in [3.8, 4) is 0 Å². The molecular formula is C28H30Cl2N2O2. The van der Waals surface area contributed by atoms with Gasteiger partial charge in [0.05, 0.1) is 6.42 Å². The van der Waals surface area contributed by atoms with Crippen molar-refractivity contribution in [1.29, 1.82) is 0 Å². The summed E-state index contributed by atoms with van der Waals surface area (Å²) in [6.07, 6.45) is 1.36. The highest BCUT2D eigenvalue weighted by molar-refractivity contribution is 6.31. The highest BCUT2D eigenvalue weighted by atomic mass is 35.5. The van der Waals surface area contributed by atoms with Crippen LogP contribution in [-0.2, 0) is 29.0 Å². The molecule has 0 aliphatic carbocycles. The van der Waals surface area contributed by atoms with Crippen LogP contribution < -0.4 is 5.32 Å². The normalized spacial score (nSPS) is 12.6. The molecule has 0 radical (unpaired) electrons. The topological polar surface area (TPSA) is 49.4 Å². The lowest BCUT2D eigenvalue weighted by Crippen LogP contribution is -2.52. The Kier molecular flexibility index (Phi) is 9.55. The number of carbonyl (C=O) groups excluding carboxylic acids is 2. The van der Waals surface area contributed by atoms with Crippen LogP contribution in [0.1, 0.15) is 37.0 Å². The summed E-state index contributed by atoms with van der Waals surface area (Å²) in [5.41, 5.74) is 2.61. The maximum Gasteiger partial charge on any atom is 0.243 e. The van der Waals surface area contributed by atoms with Gasteiger partial charge in [0.25, 0.3) is 0 Å². The van der Waals surface area contributed by atoms with Crippen molar-refractivity contribution >= 4 is 35.0 Å². The minimum absolute atomic E-state index is 0.000645. The molecule has 6 heteroatoms. The number of carbonyl (C=O) groups is 2. The second kappa shape index (κ2) is 12.6. The average molecular weight is 497 g/mol. The Bertz CT molecular complexity index is 1090. The first-order valence-electron chi connectivity index (χ1n) is 11.5. The van der Waals surface area contributed by atoms with E-state index in [4.69, 9.17) is 23.2 Å². The van der Waals surface area contributed by atoms with Gasteiger partial charge < -0.3 is 10.2 Å². The fourth-order valence-corrected chi connectivity index (χ4v) is 4.01. The van der Waals surface area contributed by atoms with Gasteiger partial charge in [-0.25, -0.2) is 0 Å². The minimum Gasteiger partial charge on any atom is -0.352 e. The van der Waals surface area contributed by atoms with E-state index in [-0.39, 0.29) is 30.8 Å². The first kappa shape index (κ1) is 25.8. The molecule has 0 heterocycles. The molecule has 0 aliphatic heterocycles. The largest absolute Gasteiger partial charge is 0.352 e. The number of nitrogens with one attached hydrogen (secondary N) is 1. The Morgan fingerprint density at radius 3 is 2.18 bits per heavy atom. The quantitative estimate of drug-likeness (QED) is 0.369. The summed E-state index contributed by atoms with van der Waals surface area (Å²) >= 11 is 12.5. The monoisotopic (exact) mass is 496 g/mol. The van der Waals surface area contributed by atoms with Crippen LogP contribution in [0.5, 0.6) is 0 Å². The molecule has 0 aromatic heterocycles. The van der Waals surface area contributed by atoms with Crippen LogP contribution in [0.4, 0.5) is 0 Å². The number of rotatable bonds is 10. The van der Waals surface area contributed by atoms with Crippen LogP contribution in [0, 0.1) is 0 Å². The summed E-state index contributed by atoms with van der Waals surface area (Å²) in [7, 11) is 0. The van der Waals surface area contributed by atoms with Gasteiger partial charge in [-0.2, -0.15) is 0 Å². The molecule has 2 amide bonds. The Labute approximate surface area is 211 Å². The van der Waals surface area contributed by atoms with Crippen LogP contribution >= 0.6 is 23.2 Å². The van der Waals surface area contributed by atoms with E-state index in [9.17, 15) is 9.59 Å². The molecule has 3 rings (SSSR count). The molecule has 0 unspecified atom stereocenters. The van der Waals surface area contributed by atoms with Gasteiger partial charge in [0, 0.05) is 29.1 Å². The number of benzene rings is 3. The molecule has 0 fully saturated rings. The van der Waals surface area contributed by atoms with E-state index < -0.39 is 6.04 Å². The van der Waals surface area contributed by atoms with Gasteiger partial charge >= 0.3 is 0 Å². The van der Waals surface area contributed by atoms with Gasteiger partial charge in [-0.3, -0.25) is 9.59 Å². The third-order valence-electron chi connectivity index (χ3n) is 5.84. The van der Waals surface area contributed by atoms with Crippen LogP contribution in [0.25, 0.3) is 0 Å². The van der Waals surface area contributed by atoms with E-state index in [1.165, 1.54) is 0 Å². The van der Waals surface area contributed by atoms with Crippen LogP contribution in [0.15, 0.2) is 78.9 Å². The van der Waals surface area contributed by atoms with E-state index in [1.54, 1.807) is 23.1 Å². The fourth-order valence-electron chi connectivity index (χ4n) is 3.68. The molecule has 0 bridgehead atoms. The highest BCUT2D eigenvalue weighted by Gasteiger charge is 2.31. The zero-order valence-electron chi connectivity index (χ0n) is 19.5. The van der Waals surface area contributed by atoms with E-state index in [0.29, 0.717) is 16.5 Å². The highest BCUT2D eigenvalue weighted by Crippen LogP contribution is 2.22. The second-order valence-corrected chi connectivity index (χ2v) is 9.28. The lowest BCUT2D eigenvalue weighted by Gasteiger charge is -2.32. The minimum atomic E-state index is -0.688. The second-order valence-electron chi connectivity index (χ2n) is 8.44. The van der Waals surface area contributed by atoms with Crippen molar-refractivity contribution < 1.29 is 9.59 Å². The van der Waals surface area contributed by atoms with Gasteiger partial charge in [-0.15, -0.1) is 0 Å². The smallest absolute Gasteiger partial charge is 0.243 e.